The highest BCUT2D eigenvalue weighted by molar-refractivity contribution is 7.80. The Hall–Kier alpha value is -1.27. The zero-order chi connectivity index (χ0) is 12.3. The zero-order valence-corrected chi connectivity index (χ0v) is 10.6. The van der Waals surface area contributed by atoms with Gasteiger partial charge in [-0.15, -0.1) is 0 Å². The average molecular weight is 252 g/mol. The SMILES string of the molecule is COC1(CNc2ncncc2C(N)=S)CCC1. The number of anilines is 1. The van der Waals surface area contributed by atoms with Gasteiger partial charge in [-0.25, -0.2) is 9.97 Å². The molecule has 6 heteroatoms. The van der Waals surface area contributed by atoms with Crippen LogP contribution in [0.1, 0.15) is 24.8 Å². The van der Waals surface area contributed by atoms with E-state index < -0.39 is 0 Å². The Morgan fingerprint density at radius 2 is 2.41 bits per heavy atom. The summed E-state index contributed by atoms with van der Waals surface area (Å²) in [6.07, 6.45) is 6.46. The van der Waals surface area contributed by atoms with Gasteiger partial charge in [-0.05, 0) is 19.3 Å². The molecule has 0 spiro atoms. The van der Waals surface area contributed by atoms with Gasteiger partial charge in [-0.3, -0.25) is 0 Å². The van der Waals surface area contributed by atoms with E-state index in [2.05, 4.69) is 15.3 Å². The average Bonchev–Trinajstić information content (AvgIpc) is 2.28. The molecule has 1 aliphatic rings. The molecule has 0 atom stereocenters. The van der Waals surface area contributed by atoms with E-state index in [1.165, 1.54) is 12.7 Å². The number of nitrogens with two attached hydrogens (primary N) is 1. The molecule has 2 rings (SSSR count). The Morgan fingerprint density at radius 1 is 1.65 bits per heavy atom. The minimum atomic E-state index is -0.0571. The molecule has 5 nitrogen and oxygen atoms in total. The lowest BCUT2D eigenvalue weighted by atomic mass is 9.80. The van der Waals surface area contributed by atoms with Crippen molar-refractivity contribution >= 4 is 23.0 Å². The molecule has 0 saturated heterocycles. The monoisotopic (exact) mass is 252 g/mol. The first-order valence-electron chi connectivity index (χ1n) is 5.56. The minimum Gasteiger partial charge on any atom is -0.389 e. The van der Waals surface area contributed by atoms with Crippen LogP contribution in [-0.4, -0.2) is 34.2 Å². The summed E-state index contributed by atoms with van der Waals surface area (Å²) in [5.41, 5.74) is 6.23. The van der Waals surface area contributed by atoms with Gasteiger partial charge < -0.3 is 15.8 Å². The molecule has 0 bridgehead atoms. The van der Waals surface area contributed by atoms with E-state index in [-0.39, 0.29) is 5.60 Å². The predicted octanol–water partition coefficient (Wildman–Crippen LogP) is 1.09. The molecule has 17 heavy (non-hydrogen) atoms. The Morgan fingerprint density at radius 3 is 2.94 bits per heavy atom. The summed E-state index contributed by atoms with van der Waals surface area (Å²) in [7, 11) is 1.75. The Bertz CT molecular complexity index is 414. The minimum absolute atomic E-state index is 0.0571. The maximum absolute atomic E-state index is 5.61. The van der Waals surface area contributed by atoms with Crippen LogP contribution in [0.5, 0.6) is 0 Å². The van der Waals surface area contributed by atoms with Crippen LogP contribution in [0.2, 0.25) is 0 Å². The number of nitrogens with zero attached hydrogens (tertiary/aromatic N) is 2. The highest BCUT2D eigenvalue weighted by atomic mass is 32.1. The second-order valence-corrected chi connectivity index (χ2v) is 4.68. The van der Waals surface area contributed by atoms with Crippen LogP contribution in [0.3, 0.4) is 0 Å². The molecule has 0 aliphatic heterocycles. The topological polar surface area (TPSA) is 73.1 Å². The third kappa shape index (κ3) is 2.53. The van der Waals surface area contributed by atoms with Gasteiger partial charge >= 0.3 is 0 Å². The summed E-state index contributed by atoms with van der Waals surface area (Å²) < 4.78 is 5.53. The molecular weight excluding hydrogens is 236 g/mol. The van der Waals surface area contributed by atoms with Crippen LogP contribution in [0.15, 0.2) is 12.5 Å². The molecule has 1 heterocycles. The van der Waals surface area contributed by atoms with Crippen molar-refractivity contribution in [3.8, 4) is 0 Å². The van der Waals surface area contributed by atoms with E-state index in [0.29, 0.717) is 16.4 Å². The lowest BCUT2D eigenvalue weighted by Gasteiger charge is -2.40. The van der Waals surface area contributed by atoms with Gasteiger partial charge in [0.1, 0.15) is 17.1 Å². The molecule has 3 N–H and O–H groups in total. The van der Waals surface area contributed by atoms with Crippen molar-refractivity contribution in [2.24, 2.45) is 5.73 Å². The van der Waals surface area contributed by atoms with Crippen LogP contribution in [0.25, 0.3) is 0 Å². The molecule has 1 aliphatic carbocycles. The maximum Gasteiger partial charge on any atom is 0.139 e. The van der Waals surface area contributed by atoms with Crippen molar-refractivity contribution in [1.29, 1.82) is 0 Å². The third-order valence-corrected chi connectivity index (χ3v) is 3.47. The number of rotatable bonds is 5. The number of hydrogen-bond acceptors (Lipinski definition) is 5. The fourth-order valence-corrected chi connectivity index (χ4v) is 2.07. The van der Waals surface area contributed by atoms with Crippen LogP contribution in [0.4, 0.5) is 5.82 Å². The molecule has 1 fully saturated rings. The van der Waals surface area contributed by atoms with E-state index in [0.717, 1.165) is 19.4 Å². The van der Waals surface area contributed by atoms with E-state index in [4.69, 9.17) is 22.7 Å². The summed E-state index contributed by atoms with van der Waals surface area (Å²) in [5.74, 6) is 0.677. The summed E-state index contributed by atoms with van der Waals surface area (Å²) in [4.78, 5) is 8.37. The van der Waals surface area contributed by atoms with Crippen molar-refractivity contribution in [3.05, 3.63) is 18.1 Å². The highest BCUT2D eigenvalue weighted by Gasteiger charge is 2.36. The molecule has 0 aromatic carbocycles. The number of ether oxygens (including phenoxy) is 1. The van der Waals surface area contributed by atoms with Gasteiger partial charge in [0.05, 0.1) is 11.2 Å². The molecule has 0 amide bonds. The Labute approximate surface area is 106 Å². The molecule has 1 aromatic heterocycles. The molecule has 0 unspecified atom stereocenters. The first-order chi connectivity index (χ1) is 8.17. The highest BCUT2D eigenvalue weighted by Crippen LogP contribution is 2.35. The first kappa shape index (κ1) is 12.2. The van der Waals surface area contributed by atoms with Crippen molar-refractivity contribution in [3.63, 3.8) is 0 Å². The number of thiocarbonyl (C=S) groups is 1. The third-order valence-electron chi connectivity index (χ3n) is 3.25. The van der Waals surface area contributed by atoms with Crippen molar-refractivity contribution < 1.29 is 4.74 Å². The standard InChI is InChI=1S/C11H16N4OS/c1-16-11(3-2-4-11)6-14-10-8(9(12)17)5-13-7-15-10/h5,7H,2-4,6H2,1H3,(H2,12,17)(H,13,14,15). The predicted molar refractivity (Wildman–Crippen MR) is 70.0 cm³/mol. The Kier molecular flexibility index (Phi) is 3.54. The van der Waals surface area contributed by atoms with Gasteiger partial charge in [-0.1, -0.05) is 12.2 Å². The van der Waals surface area contributed by atoms with Crippen LogP contribution in [-0.2, 0) is 4.74 Å². The van der Waals surface area contributed by atoms with Gasteiger partial charge in [0, 0.05) is 19.9 Å². The van der Waals surface area contributed by atoms with Crippen molar-refractivity contribution in [1.82, 2.24) is 9.97 Å². The van der Waals surface area contributed by atoms with Gasteiger partial charge in [-0.2, -0.15) is 0 Å². The van der Waals surface area contributed by atoms with Crippen LogP contribution in [0, 0.1) is 0 Å². The smallest absolute Gasteiger partial charge is 0.139 e. The molecule has 92 valence electrons. The number of nitrogens with one attached hydrogen (secondary N) is 1. The summed E-state index contributed by atoms with van der Waals surface area (Å²) in [6, 6.07) is 0. The van der Waals surface area contributed by atoms with Crippen LogP contribution >= 0.6 is 12.2 Å². The lowest BCUT2D eigenvalue weighted by molar-refractivity contribution is -0.0601. The Balaban J connectivity index is 2.06. The van der Waals surface area contributed by atoms with E-state index in [1.807, 2.05) is 0 Å². The summed E-state index contributed by atoms with van der Waals surface area (Å²) >= 11 is 4.95. The molecule has 0 radical (unpaired) electrons. The number of hydrogen-bond donors (Lipinski definition) is 2. The second kappa shape index (κ2) is 4.93. The fraction of sp³-hybridized carbons (Fsp3) is 0.545. The largest absolute Gasteiger partial charge is 0.389 e. The van der Waals surface area contributed by atoms with E-state index in [1.54, 1.807) is 13.3 Å². The zero-order valence-electron chi connectivity index (χ0n) is 9.77. The quantitative estimate of drug-likeness (QED) is 0.764. The van der Waals surface area contributed by atoms with Gasteiger partial charge in [0.25, 0.3) is 0 Å². The maximum atomic E-state index is 5.61. The number of aromatic nitrogens is 2. The lowest BCUT2D eigenvalue weighted by Crippen LogP contribution is -2.45. The summed E-state index contributed by atoms with van der Waals surface area (Å²) in [5, 5.41) is 3.24. The van der Waals surface area contributed by atoms with Crippen LogP contribution < -0.4 is 11.1 Å². The molecule has 1 aromatic rings. The van der Waals surface area contributed by atoms with E-state index in [9.17, 15) is 0 Å². The van der Waals surface area contributed by atoms with Gasteiger partial charge in [0.2, 0.25) is 0 Å². The molecular formula is C11H16N4OS. The fourth-order valence-electron chi connectivity index (χ4n) is 1.92. The normalized spacial score (nSPS) is 17.2. The first-order valence-corrected chi connectivity index (χ1v) is 5.96. The summed E-state index contributed by atoms with van der Waals surface area (Å²) in [6.45, 7) is 0.718. The van der Waals surface area contributed by atoms with Crippen molar-refractivity contribution in [2.75, 3.05) is 19.0 Å². The van der Waals surface area contributed by atoms with E-state index >= 15 is 0 Å². The second-order valence-electron chi connectivity index (χ2n) is 4.24. The molecule has 1 saturated carbocycles. The number of methoxy groups -OCH3 is 1. The van der Waals surface area contributed by atoms with Gasteiger partial charge in [0.15, 0.2) is 0 Å². The van der Waals surface area contributed by atoms with Crippen molar-refractivity contribution in [2.45, 2.75) is 24.9 Å².